The van der Waals surface area contributed by atoms with Crippen molar-refractivity contribution < 1.29 is 19.1 Å². The predicted octanol–water partition coefficient (Wildman–Crippen LogP) is 2.97. The second-order valence-corrected chi connectivity index (χ2v) is 7.69. The Bertz CT molecular complexity index is 1080. The number of anilines is 1. The van der Waals surface area contributed by atoms with Crippen LogP contribution >= 0.6 is 11.6 Å². The molecule has 180 valence electrons. The molecule has 0 unspecified atom stereocenters. The summed E-state index contributed by atoms with van der Waals surface area (Å²) >= 11 is 6.14. The number of hydrazine groups is 1. The molecule has 0 aliphatic rings. The zero-order valence-electron chi connectivity index (χ0n) is 18.7. The van der Waals surface area contributed by atoms with Crippen LogP contribution in [-0.2, 0) is 20.8 Å². The van der Waals surface area contributed by atoms with Crippen LogP contribution < -0.4 is 16.1 Å². The fourth-order valence-electron chi connectivity index (χ4n) is 3.17. The van der Waals surface area contributed by atoms with E-state index in [0.717, 1.165) is 16.3 Å². The molecule has 34 heavy (non-hydrogen) atoms. The molecule has 0 radical (unpaired) electrons. The van der Waals surface area contributed by atoms with Crippen molar-refractivity contribution in [2.45, 2.75) is 6.54 Å². The van der Waals surface area contributed by atoms with Gasteiger partial charge < -0.3 is 15.2 Å². The highest BCUT2D eigenvalue weighted by atomic mass is 35.5. The Kier molecular flexibility index (Phi) is 10.1. The van der Waals surface area contributed by atoms with Crippen LogP contribution in [0.4, 0.5) is 10.6 Å². The van der Waals surface area contributed by atoms with Gasteiger partial charge in [0.15, 0.2) is 0 Å². The van der Waals surface area contributed by atoms with Crippen LogP contribution in [-0.4, -0.2) is 62.0 Å². The number of rotatable bonds is 13. The third-order valence-corrected chi connectivity index (χ3v) is 5.32. The molecule has 0 aliphatic heterocycles. The summed E-state index contributed by atoms with van der Waals surface area (Å²) in [6.45, 7) is 1.80. The monoisotopic (exact) mass is 485 g/mol. The van der Waals surface area contributed by atoms with Crippen molar-refractivity contribution in [2.24, 2.45) is 5.73 Å². The van der Waals surface area contributed by atoms with Crippen LogP contribution in [0.2, 0.25) is 5.02 Å². The lowest BCUT2D eigenvalue weighted by molar-refractivity contribution is -0.121. The van der Waals surface area contributed by atoms with Gasteiger partial charge in [-0.3, -0.25) is 14.7 Å². The topological polar surface area (TPSA) is 110 Å². The molecular weight excluding hydrogens is 458 g/mol. The second-order valence-electron chi connectivity index (χ2n) is 7.28. The van der Waals surface area contributed by atoms with E-state index in [-0.39, 0.29) is 26.3 Å². The summed E-state index contributed by atoms with van der Waals surface area (Å²) in [5, 5.41) is 3.82. The van der Waals surface area contributed by atoms with Gasteiger partial charge in [-0.15, -0.1) is 0 Å². The number of amides is 2. The maximum absolute atomic E-state index is 12.9. The SMILES string of the molecule is NCCOCCN(C(=O)OCCN(C=O)NCc1ccccc1Cl)c1cc2ccccc2cn1. The summed E-state index contributed by atoms with van der Waals surface area (Å²) in [6, 6.07) is 16.9. The van der Waals surface area contributed by atoms with E-state index in [4.69, 9.17) is 26.8 Å². The van der Waals surface area contributed by atoms with Crippen LogP contribution in [0.15, 0.2) is 60.8 Å². The van der Waals surface area contributed by atoms with Crippen LogP contribution in [0.3, 0.4) is 0 Å². The molecule has 0 spiro atoms. The number of hydrogen-bond acceptors (Lipinski definition) is 7. The van der Waals surface area contributed by atoms with Crippen molar-refractivity contribution in [3.05, 3.63) is 71.4 Å². The lowest BCUT2D eigenvalue weighted by Gasteiger charge is -2.23. The molecule has 10 heteroatoms. The number of nitrogens with one attached hydrogen (secondary N) is 1. The minimum Gasteiger partial charge on any atom is -0.447 e. The minimum absolute atomic E-state index is 0.0131. The van der Waals surface area contributed by atoms with E-state index in [1.807, 2.05) is 48.5 Å². The smallest absolute Gasteiger partial charge is 0.415 e. The van der Waals surface area contributed by atoms with Gasteiger partial charge in [0.25, 0.3) is 0 Å². The van der Waals surface area contributed by atoms with Gasteiger partial charge in [-0.1, -0.05) is 54.1 Å². The Balaban J connectivity index is 1.58. The molecule has 3 N–H and O–H groups in total. The Morgan fingerprint density at radius 1 is 1.06 bits per heavy atom. The number of pyridine rings is 1. The molecule has 0 fully saturated rings. The Morgan fingerprint density at radius 3 is 2.59 bits per heavy atom. The molecule has 0 saturated heterocycles. The normalized spacial score (nSPS) is 10.8. The van der Waals surface area contributed by atoms with Crippen molar-refractivity contribution >= 4 is 40.7 Å². The van der Waals surface area contributed by atoms with Gasteiger partial charge in [0.1, 0.15) is 12.4 Å². The van der Waals surface area contributed by atoms with Crippen molar-refractivity contribution in [1.29, 1.82) is 0 Å². The summed E-state index contributed by atoms with van der Waals surface area (Å²) < 4.78 is 10.9. The van der Waals surface area contributed by atoms with Gasteiger partial charge in [0.2, 0.25) is 6.41 Å². The van der Waals surface area contributed by atoms with E-state index in [0.29, 0.717) is 36.9 Å². The van der Waals surface area contributed by atoms with Crippen molar-refractivity contribution in [3.63, 3.8) is 0 Å². The summed E-state index contributed by atoms with van der Waals surface area (Å²) in [6.07, 6.45) is 1.75. The van der Waals surface area contributed by atoms with Crippen molar-refractivity contribution in [1.82, 2.24) is 15.4 Å². The van der Waals surface area contributed by atoms with Crippen molar-refractivity contribution in [3.8, 4) is 0 Å². The van der Waals surface area contributed by atoms with E-state index in [2.05, 4.69) is 10.4 Å². The predicted molar refractivity (Wildman–Crippen MR) is 131 cm³/mol. The van der Waals surface area contributed by atoms with E-state index in [9.17, 15) is 9.59 Å². The molecule has 0 aliphatic carbocycles. The number of hydrogen-bond donors (Lipinski definition) is 2. The quantitative estimate of drug-likeness (QED) is 0.217. The molecule has 1 aromatic heterocycles. The summed E-state index contributed by atoms with van der Waals surface area (Å²) in [5.74, 6) is 0.448. The highest BCUT2D eigenvalue weighted by molar-refractivity contribution is 6.31. The van der Waals surface area contributed by atoms with Crippen LogP contribution in [0, 0.1) is 0 Å². The maximum Gasteiger partial charge on any atom is 0.415 e. The average Bonchev–Trinajstić information content (AvgIpc) is 2.86. The van der Waals surface area contributed by atoms with Gasteiger partial charge in [-0.05, 0) is 23.1 Å². The molecule has 2 amide bonds. The fourth-order valence-corrected chi connectivity index (χ4v) is 3.37. The largest absolute Gasteiger partial charge is 0.447 e. The Morgan fingerprint density at radius 2 is 1.82 bits per heavy atom. The molecule has 2 aromatic carbocycles. The summed E-state index contributed by atoms with van der Waals surface area (Å²) in [7, 11) is 0. The van der Waals surface area contributed by atoms with Gasteiger partial charge >= 0.3 is 6.09 Å². The second kappa shape index (κ2) is 13.5. The Hall–Kier alpha value is -3.24. The molecule has 3 aromatic rings. The number of nitrogens with two attached hydrogens (primary N) is 1. The standard InChI is InChI=1S/C24H28ClN5O4/c25-22-8-4-3-7-21(22)17-28-29(18-31)10-14-34-24(32)30(11-13-33-12-9-26)23-15-19-5-1-2-6-20(19)16-27-23/h1-8,15-16,18,28H,9-14,17,26H2. The van der Waals surface area contributed by atoms with Gasteiger partial charge in [-0.25, -0.2) is 15.2 Å². The lowest BCUT2D eigenvalue weighted by atomic mass is 10.2. The first-order chi connectivity index (χ1) is 16.6. The molecule has 0 atom stereocenters. The summed E-state index contributed by atoms with van der Waals surface area (Å²) in [4.78, 5) is 30.1. The third-order valence-electron chi connectivity index (χ3n) is 4.95. The van der Waals surface area contributed by atoms with E-state index < -0.39 is 6.09 Å². The third kappa shape index (κ3) is 7.39. The van der Waals surface area contributed by atoms with Crippen molar-refractivity contribution in [2.75, 3.05) is 44.4 Å². The number of nitrogens with zero attached hydrogens (tertiary/aromatic N) is 3. The first-order valence-electron chi connectivity index (χ1n) is 10.9. The lowest BCUT2D eigenvalue weighted by Crippen LogP contribution is -2.41. The molecule has 0 bridgehead atoms. The highest BCUT2D eigenvalue weighted by Crippen LogP contribution is 2.20. The number of fused-ring (bicyclic) bond motifs is 1. The zero-order valence-corrected chi connectivity index (χ0v) is 19.5. The molecule has 0 saturated carbocycles. The van der Waals surface area contributed by atoms with E-state index >= 15 is 0 Å². The number of carbonyl (C=O) groups is 2. The molecule has 9 nitrogen and oxygen atoms in total. The number of benzene rings is 2. The van der Waals surface area contributed by atoms with Crippen LogP contribution in [0.1, 0.15) is 5.56 Å². The average molecular weight is 486 g/mol. The molecular formula is C24H28ClN5O4. The fraction of sp³-hybridized carbons (Fsp3) is 0.292. The highest BCUT2D eigenvalue weighted by Gasteiger charge is 2.19. The summed E-state index contributed by atoms with van der Waals surface area (Å²) in [5.41, 5.74) is 9.27. The van der Waals surface area contributed by atoms with Gasteiger partial charge in [0, 0.05) is 29.7 Å². The van der Waals surface area contributed by atoms with Crippen LogP contribution in [0.5, 0.6) is 0 Å². The zero-order chi connectivity index (χ0) is 24.2. The first kappa shape index (κ1) is 25.4. The minimum atomic E-state index is -0.587. The number of carbonyl (C=O) groups excluding carboxylic acids is 2. The van der Waals surface area contributed by atoms with Crippen LogP contribution in [0.25, 0.3) is 10.8 Å². The molecule has 1 heterocycles. The first-order valence-corrected chi connectivity index (χ1v) is 11.3. The number of aromatic nitrogens is 1. The number of halogens is 1. The Labute approximate surface area is 203 Å². The number of ether oxygens (including phenoxy) is 2. The molecule has 3 rings (SSSR count). The van der Waals surface area contributed by atoms with Gasteiger partial charge in [0.05, 0.1) is 26.3 Å². The van der Waals surface area contributed by atoms with E-state index in [1.165, 1.54) is 9.91 Å². The van der Waals surface area contributed by atoms with E-state index in [1.54, 1.807) is 12.3 Å². The van der Waals surface area contributed by atoms with Gasteiger partial charge in [-0.2, -0.15) is 0 Å². The maximum atomic E-state index is 12.9.